The summed E-state index contributed by atoms with van der Waals surface area (Å²) in [4.78, 5) is 10.7. The molecule has 0 unspecified atom stereocenters. The first-order valence-electron chi connectivity index (χ1n) is 6.66. The van der Waals surface area contributed by atoms with Gasteiger partial charge < -0.3 is 10.5 Å². The first-order chi connectivity index (χ1) is 10.9. The summed E-state index contributed by atoms with van der Waals surface area (Å²) >= 11 is 5.74. The molecule has 6 nitrogen and oxygen atoms in total. The van der Waals surface area contributed by atoms with Crippen LogP contribution in [0.15, 0.2) is 53.4 Å². The van der Waals surface area contributed by atoms with Crippen LogP contribution in [0.25, 0.3) is 0 Å². The number of carbonyl (C=O) groups is 1. The van der Waals surface area contributed by atoms with Crippen LogP contribution >= 0.6 is 11.6 Å². The molecule has 0 aliphatic heterocycles. The molecule has 2 aromatic rings. The number of benzene rings is 2. The number of hydrogen-bond acceptors (Lipinski definition) is 4. The summed E-state index contributed by atoms with van der Waals surface area (Å²) in [6.07, 6.45) is 0.116. The molecule has 122 valence electrons. The lowest BCUT2D eigenvalue weighted by molar-refractivity contribution is -0.118. The summed E-state index contributed by atoms with van der Waals surface area (Å²) in [5.41, 5.74) is 5.40. The third-order valence-corrected chi connectivity index (χ3v) is 4.50. The molecule has 0 bridgehead atoms. The van der Waals surface area contributed by atoms with Gasteiger partial charge in [0, 0.05) is 10.7 Å². The van der Waals surface area contributed by atoms with Crippen LogP contribution in [0.5, 0.6) is 5.75 Å². The van der Waals surface area contributed by atoms with E-state index in [0.717, 1.165) is 0 Å². The van der Waals surface area contributed by atoms with Crippen molar-refractivity contribution in [3.63, 3.8) is 0 Å². The quantitative estimate of drug-likeness (QED) is 0.797. The second-order valence-corrected chi connectivity index (χ2v) is 6.77. The molecule has 3 N–H and O–H groups in total. The van der Waals surface area contributed by atoms with E-state index in [1.807, 2.05) is 0 Å². The summed E-state index contributed by atoms with van der Waals surface area (Å²) in [5, 5.41) is 0.460. The predicted octanol–water partition coefficient (Wildman–Crippen LogP) is 2.39. The fourth-order valence-corrected chi connectivity index (χ4v) is 2.90. The number of halogens is 1. The smallest absolute Gasteiger partial charge is 0.261 e. The van der Waals surface area contributed by atoms with E-state index in [1.165, 1.54) is 24.3 Å². The first kappa shape index (κ1) is 17.1. The van der Waals surface area contributed by atoms with E-state index in [4.69, 9.17) is 22.1 Å². The van der Waals surface area contributed by atoms with E-state index >= 15 is 0 Å². The highest BCUT2D eigenvalue weighted by atomic mass is 35.5. The maximum absolute atomic E-state index is 12.2. The molecule has 0 aliphatic rings. The number of carbonyl (C=O) groups excluding carboxylic acids is 1. The van der Waals surface area contributed by atoms with E-state index < -0.39 is 15.9 Å². The fourth-order valence-electron chi connectivity index (χ4n) is 1.72. The van der Waals surface area contributed by atoms with Crippen molar-refractivity contribution in [3.8, 4) is 5.75 Å². The lowest BCUT2D eigenvalue weighted by Gasteiger charge is -2.09. The van der Waals surface area contributed by atoms with Gasteiger partial charge in [0.2, 0.25) is 5.91 Å². The number of amides is 1. The minimum absolute atomic E-state index is 0.115. The van der Waals surface area contributed by atoms with E-state index in [2.05, 4.69) is 4.72 Å². The molecule has 0 aliphatic carbocycles. The second kappa shape index (κ2) is 7.34. The van der Waals surface area contributed by atoms with Crippen LogP contribution in [0.1, 0.15) is 6.42 Å². The van der Waals surface area contributed by atoms with E-state index in [9.17, 15) is 13.2 Å². The second-order valence-electron chi connectivity index (χ2n) is 4.65. The van der Waals surface area contributed by atoms with E-state index in [0.29, 0.717) is 16.5 Å². The summed E-state index contributed by atoms with van der Waals surface area (Å²) in [6.45, 7) is 0.172. The van der Waals surface area contributed by atoms with Crippen LogP contribution < -0.4 is 15.2 Å². The van der Waals surface area contributed by atoms with Crippen molar-refractivity contribution in [2.75, 3.05) is 11.3 Å². The molecule has 0 spiro atoms. The number of nitrogens with two attached hydrogens (primary N) is 1. The minimum Gasteiger partial charge on any atom is -0.493 e. The first-order valence-corrected chi connectivity index (χ1v) is 8.52. The number of ether oxygens (including phenoxy) is 1. The molecule has 0 aromatic heterocycles. The SMILES string of the molecule is NC(=O)CCOc1ccc(NS(=O)(=O)c2ccc(Cl)cc2)cc1. The Morgan fingerprint density at radius 1 is 1.09 bits per heavy atom. The van der Waals surface area contributed by atoms with Crippen molar-refractivity contribution >= 4 is 33.2 Å². The zero-order chi connectivity index (χ0) is 16.9. The van der Waals surface area contributed by atoms with Crippen LogP contribution in [0.4, 0.5) is 5.69 Å². The lowest BCUT2D eigenvalue weighted by atomic mass is 10.3. The number of primary amides is 1. The van der Waals surface area contributed by atoms with Gasteiger partial charge in [-0.15, -0.1) is 0 Å². The Morgan fingerprint density at radius 2 is 1.70 bits per heavy atom. The van der Waals surface area contributed by atoms with Crippen molar-refractivity contribution in [1.82, 2.24) is 0 Å². The highest BCUT2D eigenvalue weighted by molar-refractivity contribution is 7.92. The Labute approximate surface area is 139 Å². The molecular weight excluding hydrogens is 340 g/mol. The van der Waals surface area contributed by atoms with Gasteiger partial charge in [0.05, 0.1) is 17.9 Å². The molecule has 0 saturated carbocycles. The number of rotatable bonds is 7. The zero-order valence-electron chi connectivity index (χ0n) is 12.0. The van der Waals surface area contributed by atoms with Crippen molar-refractivity contribution in [3.05, 3.63) is 53.6 Å². The van der Waals surface area contributed by atoms with E-state index in [1.54, 1.807) is 24.3 Å². The van der Waals surface area contributed by atoms with E-state index in [-0.39, 0.29) is 17.9 Å². The normalized spacial score (nSPS) is 11.0. The molecule has 0 saturated heterocycles. The van der Waals surface area contributed by atoms with Crippen LogP contribution in [0.3, 0.4) is 0 Å². The highest BCUT2D eigenvalue weighted by Gasteiger charge is 2.13. The molecule has 1 amide bonds. The van der Waals surface area contributed by atoms with Gasteiger partial charge in [0.1, 0.15) is 5.75 Å². The molecular formula is C15H15ClN2O4S. The fraction of sp³-hybridized carbons (Fsp3) is 0.133. The Hall–Kier alpha value is -2.25. The number of hydrogen-bond donors (Lipinski definition) is 2. The zero-order valence-corrected chi connectivity index (χ0v) is 13.6. The van der Waals surface area contributed by atoms with Gasteiger partial charge in [0.25, 0.3) is 10.0 Å². The van der Waals surface area contributed by atoms with Crippen LogP contribution in [0, 0.1) is 0 Å². The van der Waals surface area contributed by atoms with Gasteiger partial charge in [-0.25, -0.2) is 8.42 Å². The van der Waals surface area contributed by atoms with Gasteiger partial charge in [-0.2, -0.15) is 0 Å². The summed E-state index contributed by atoms with van der Waals surface area (Å²) in [7, 11) is -3.68. The Morgan fingerprint density at radius 3 is 2.26 bits per heavy atom. The molecule has 0 atom stereocenters. The minimum atomic E-state index is -3.68. The van der Waals surface area contributed by atoms with Gasteiger partial charge in [-0.3, -0.25) is 9.52 Å². The van der Waals surface area contributed by atoms with Crippen LogP contribution in [0.2, 0.25) is 5.02 Å². The Bertz CT molecular complexity index is 774. The topological polar surface area (TPSA) is 98.5 Å². The largest absolute Gasteiger partial charge is 0.493 e. The standard InChI is InChI=1S/C15H15ClN2O4S/c16-11-1-7-14(8-2-11)23(20,21)18-12-3-5-13(6-4-12)22-10-9-15(17)19/h1-8,18H,9-10H2,(H2,17,19). The molecule has 0 radical (unpaired) electrons. The third-order valence-electron chi connectivity index (χ3n) is 2.85. The highest BCUT2D eigenvalue weighted by Crippen LogP contribution is 2.20. The molecule has 2 aromatic carbocycles. The van der Waals surface area contributed by atoms with Crippen molar-refractivity contribution in [2.24, 2.45) is 5.73 Å². The molecule has 0 fully saturated rings. The van der Waals surface area contributed by atoms with Crippen molar-refractivity contribution < 1.29 is 17.9 Å². The molecule has 23 heavy (non-hydrogen) atoms. The van der Waals surface area contributed by atoms with Gasteiger partial charge in [-0.05, 0) is 48.5 Å². The number of sulfonamides is 1. The average Bonchev–Trinajstić information content (AvgIpc) is 2.49. The van der Waals surface area contributed by atoms with Crippen molar-refractivity contribution in [2.45, 2.75) is 11.3 Å². The summed E-state index contributed by atoms with van der Waals surface area (Å²) in [6, 6.07) is 12.2. The molecule has 2 rings (SSSR count). The lowest BCUT2D eigenvalue weighted by Crippen LogP contribution is -2.14. The number of anilines is 1. The van der Waals surface area contributed by atoms with Crippen LogP contribution in [-0.4, -0.2) is 20.9 Å². The Balaban J connectivity index is 2.02. The third kappa shape index (κ3) is 5.15. The van der Waals surface area contributed by atoms with Crippen LogP contribution in [-0.2, 0) is 14.8 Å². The van der Waals surface area contributed by atoms with Gasteiger partial charge in [-0.1, -0.05) is 11.6 Å². The predicted molar refractivity (Wildman–Crippen MR) is 88.0 cm³/mol. The van der Waals surface area contributed by atoms with Gasteiger partial charge in [0.15, 0.2) is 0 Å². The summed E-state index contributed by atoms with van der Waals surface area (Å²) in [5.74, 6) is 0.0676. The molecule has 8 heteroatoms. The van der Waals surface area contributed by atoms with Gasteiger partial charge >= 0.3 is 0 Å². The monoisotopic (exact) mass is 354 g/mol. The molecule has 0 heterocycles. The summed E-state index contributed by atoms with van der Waals surface area (Å²) < 4.78 is 32.2. The maximum atomic E-state index is 12.2. The average molecular weight is 355 g/mol. The Kier molecular flexibility index (Phi) is 5.46. The van der Waals surface area contributed by atoms with Crippen molar-refractivity contribution in [1.29, 1.82) is 0 Å². The maximum Gasteiger partial charge on any atom is 0.261 e. The number of nitrogens with one attached hydrogen (secondary N) is 1.